The molecule has 104 valence electrons. The van der Waals surface area contributed by atoms with Crippen LogP contribution in [0.1, 0.15) is 5.56 Å². The number of amides is 1. The molecule has 3 nitrogen and oxygen atoms in total. The highest BCUT2D eigenvalue weighted by Gasteiger charge is 2.17. The second kappa shape index (κ2) is 6.81. The van der Waals surface area contributed by atoms with Gasteiger partial charge in [0.2, 0.25) is 5.91 Å². The predicted octanol–water partition coefficient (Wildman–Crippen LogP) is 3.82. The number of benzene rings is 1. The fourth-order valence-electron chi connectivity index (χ4n) is 1.60. The zero-order chi connectivity index (χ0) is 14.5. The maximum absolute atomic E-state index is 13.5. The number of nitrogens with one attached hydrogen (secondary N) is 1. The van der Waals surface area contributed by atoms with Gasteiger partial charge in [0.1, 0.15) is 11.6 Å². The Hall–Kier alpha value is -1.46. The molecule has 0 saturated heterocycles. The molecule has 0 aliphatic carbocycles. The summed E-state index contributed by atoms with van der Waals surface area (Å²) in [6.45, 7) is 0. The molecule has 0 radical (unpaired) electrons. The summed E-state index contributed by atoms with van der Waals surface area (Å²) in [5.74, 6) is -0.213. The standard InChI is InChI=1S/C14H11BrClFN2O/c15-11(7-9-3-1-2-4-12(9)17)14(20)19-13-6-5-10(16)8-18-13/h1-6,8,11H,7H2,(H,18,19,20). The lowest BCUT2D eigenvalue weighted by atomic mass is 10.1. The minimum Gasteiger partial charge on any atom is -0.310 e. The highest BCUT2D eigenvalue weighted by molar-refractivity contribution is 9.10. The summed E-state index contributed by atoms with van der Waals surface area (Å²) >= 11 is 8.96. The van der Waals surface area contributed by atoms with Crippen molar-refractivity contribution < 1.29 is 9.18 Å². The Morgan fingerprint density at radius 1 is 1.35 bits per heavy atom. The first kappa shape index (κ1) is 14.9. The number of hydrogen-bond acceptors (Lipinski definition) is 2. The van der Waals surface area contributed by atoms with E-state index in [1.54, 1.807) is 30.3 Å². The first-order valence-corrected chi connectivity index (χ1v) is 7.15. The largest absolute Gasteiger partial charge is 0.310 e. The molecule has 1 atom stereocenters. The zero-order valence-electron chi connectivity index (χ0n) is 10.3. The summed E-state index contributed by atoms with van der Waals surface area (Å²) in [6, 6.07) is 9.59. The molecule has 2 aromatic rings. The number of carbonyl (C=O) groups is 1. The van der Waals surface area contributed by atoms with Gasteiger partial charge in [0, 0.05) is 6.20 Å². The predicted molar refractivity (Wildman–Crippen MR) is 80.7 cm³/mol. The molecular weight excluding hydrogens is 347 g/mol. The summed E-state index contributed by atoms with van der Waals surface area (Å²) in [5.41, 5.74) is 0.480. The highest BCUT2D eigenvalue weighted by Crippen LogP contribution is 2.16. The van der Waals surface area contributed by atoms with Crippen molar-refractivity contribution in [3.8, 4) is 0 Å². The first-order valence-electron chi connectivity index (χ1n) is 5.86. The number of halogens is 3. The van der Waals surface area contributed by atoms with Gasteiger partial charge in [-0.15, -0.1) is 0 Å². The molecule has 1 aromatic carbocycles. The maximum atomic E-state index is 13.5. The van der Waals surface area contributed by atoms with Gasteiger partial charge >= 0.3 is 0 Å². The number of pyridine rings is 1. The van der Waals surface area contributed by atoms with Gasteiger partial charge in [-0.25, -0.2) is 9.37 Å². The Morgan fingerprint density at radius 2 is 2.10 bits per heavy atom. The molecule has 2 rings (SSSR count). The van der Waals surface area contributed by atoms with Crippen molar-refractivity contribution in [1.82, 2.24) is 4.98 Å². The first-order chi connectivity index (χ1) is 9.56. The molecule has 1 N–H and O–H groups in total. The normalized spacial score (nSPS) is 11.9. The monoisotopic (exact) mass is 356 g/mol. The average molecular weight is 358 g/mol. The van der Waals surface area contributed by atoms with Crippen molar-refractivity contribution in [2.75, 3.05) is 5.32 Å². The van der Waals surface area contributed by atoms with Gasteiger partial charge in [0.15, 0.2) is 0 Å². The van der Waals surface area contributed by atoms with Crippen LogP contribution in [0.25, 0.3) is 0 Å². The third kappa shape index (κ3) is 4.02. The quantitative estimate of drug-likeness (QED) is 0.845. The van der Waals surface area contributed by atoms with E-state index in [-0.39, 0.29) is 18.1 Å². The lowest BCUT2D eigenvalue weighted by Crippen LogP contribution is -2.25. The van der Waals surface area contributed by atoms with Crippen LogP contribution in [0.4, 0.5) is 10.2 Å². The summed E-state index contributed by atoms with van der Waals surface area (Å²) in [7, 11) is 0. The topological polar surface area (TPSA) is 42.0 Å². The molecule has 0 aliphatic heterocycles. The fourth-order valence-corrected chi connectivity index (χ4v) is 2.18. The Bertz CT molecular complexity index is 606. The molecule has 1 heterocycles. The molecule has 1 amide bonds. The van der Waals surface area contributed by atoms with Gasteiger partial charge in [-0.2, -0.15) is 0 Å². The maximum Gasteiger partial charge on any atom is 0.239 e. The van der Waals surface area contributed by atoms with Crippen LogP contribution in [0, 0.1) is 5.82 Å². The van der Waals surface area contributed by atoms with Crippen LogP contribution in [0.15, 0.2) is 42.6 Å². The van der Waals surface area contributed by atoms with Gasteiger partial charge < -0.3 is 5.32 Å². The molecule has 0 spiro atoms. The van der Waals surface area contributed by atoms with Crippen molar-refractivity contribution in [3.05, 3.63) is 59.0 Å². The molecule has 6 heteroatoms. The molecule has 0 bridgehead atoms. The van der Waals surface area contributed by atoms with E-state index < -0.39 is 4.83 Å². The summed E-state index contributed by atoms with van der Waals surface area (Å²) in [6.07, 6.45) is 1.70. The van der Waals surface area contributed by atoms with Crippen LogP contribution in [0.2, 0.25) is 5.02 Å². The molecule has 0 saturated carbocycles. The smallest absolute Gasteiger partial charge is 0.239 e. The van der Waals surface area contributed by atoms with Gasteiger partial charge in [0.25, 0.3) is 0 Å². The summed E-state index contributed by atoms with van der Waals surface area (Å²) < 4.78 is 13.5. The van der Waals surface area contributed by atoms with E-state index in [1.165, 1.54) is 12.3 Å². The van der Waals surface area contributed by atoms with Crippen LogP contribution in [0.5, 0.6) is 0 Å². The van der Waals surface area contributed by atoms with Gasteiger partial charge in [-0.05, 0) is 30.2 Å². The van der Waals surface area contributed by atoms with Crippen LogP contribution in [-0.2, 0) is 11.2 Å². The summed E-state index contributed by atoms with van der Waals surface area (Å²) in [4.78, 5) is 15.4. The average Bonchev–Trinajstić information content (AvgIpc) is 2.44. The van der Waals surface area contributed by atoms with Gasteiger partial charge in [0.05, 0.1) is 9.85 Å². The van der Waals surface area contributed by atoms with Crippen molar-refractivity contribution >= 4 is 39.3 Å². The zero-order valence-corrected chi connectivity index (χ0v) is 12.7. The number of anilines is 1. The van der Waals surface area contributed by atoms with Crippen LogP contribution in [-0.4, -0.2) is 15.7 Å². The van der Waals surface area contributed by atoms with E-state index >= 15 is 0 Å². The Balaban J connectivity index is 1.99. The lowest BCUT2D eigenvalue weighted by molar-refractivity contribution is -0.115. The van der Waals surface area contributed by atoms with Crippen LogP contribution in [0.3, 0.4) is 0 Å². The van der Waals surface area contributed by atoms with Gasteiger partial charge in [-0.1, -0.05) is 45.7 Å². The number of rotatable bonds is 4. The van der Waals surface area contributed by atoms with E-state index in [4.69, 9.17) is 11.6 Å². The third-order valence-electron chi connectivity index (χ3n) is 2.62. The third-order valence-corrected chi connectivity index (χ3v) is 3.58. The highest BCUT2D eigenvalue weighted by atomic mass is 79.9. The SMILES string of the molecule is O=C(Nc1ccc(Cl)cn1)C(Br)Cc1ccccc1F. The van der Waals surface area contributed by atoms with Crippen molar-refractivity contribution in [1.29, 1.82) is 0 Å². The van der Waals surface area contributed by atoms with Crippen LogP contribution < -0.4 is 5.32 Å². The molecular formula is C14H11BrClFN2O. The van der Waals surface area contributed by atoms with Gasteiger partial charge in [-0.3, -0.25) is 4.79 Å². The van der Waals surface area contributed by atoms with Crippen LogP contribution >= 0.6 is 27.5 Å². The summed E-state index contributed by atoms with van der Waals surface area (Å²) in [5, 5.41) is 3.12. The minimum atomic E-state index is -0.545. The molecule has 0 aliphatic rings. The van der Waals surface area contributed by atoms with Crippen molar-refractivity contribution in [2.45, 2.75) is 11.2 Å². The van der Waals surface area contributed by atoms with E-state index in [9.17, 15) is 9.18 Å². The van der Waals surface area contributed by atoms with Crippen molar-refractivity contribution in [2.24, 2.45) is 0 Å². The Labute approximate surface area is 129 Å². The number of aromatic nitrogens is 1. The minimum absolute atomic E-state index is 0.256. The number of carbonyl (C=O) groups excluding carboxylic acids is 1. The second-order valence-corrected chi connectivity index (χ2v) is 5.66. The molecule has 20 heavy (non-hydrogen) atoms. The molecule has 1 aromatic heterocycles. The molecule has 1 unspecified atom stereocenters. The van der Waals surface area contributed by atoms with E-state index in [0.29, 0.717) is 16.4 Å². The second-order valence-electron chi connectivity index (χ2n) is 4.11. The van der Waals surface area contributed by atoms with E-state index in [2.05, 4.69) is 26.2 Å². The van der Waals surface area contributed by atoms with Crippen molar-refractivity contribution in [3.63, 3.8) is 0 Å². The Kier molecular flexibility index (Phi) is 5.09. The Morgan fingerprint density at radius 3 is 2.75 bits per heavy atom. The molecule has 0 fully saturated rings. The number of hydrogen-bond donors (Lipinski definition) is 1. The van der Waals surface area contributed by atoms with E-state index in [0.717, 1.165) is 0 Å². The van der Waals surface area contributed by atoms with E-state index in [1.807, 2.05) is 0 Å². The number of nitrogens with zero attached hydrogens (tertiary/aromatic N) is 1. The lowest BCUT2D eigenvalue weighted by Gasteiger charge is -2.11. The fraction of sp³-hybridized carbons (Fsp3) is 0.143. The number of alkyl halides is 1.